The van der Waals surface area contributed by atoms with Crippen LogP contribution in [0, 0.1) is 5.92 Å². The maximum absolute atomic E-state index is 12.5. The van der Waals surface area contributed by atoms with Gasteiger partial charge in [0.05, 0.1) is 10.6 Å². The van der Waals surface area contributed by atoms with E-state index in [-0.39, 0.29) is 28.6 Å². The first-order valence-corrected chi connectivity index (χ1v) is 9.04. The Morgan fingerprint density at radius 2 is 1.95 bits per heavy atom. The van der Waals surface area contributed by atoms with Crippen LogP contribution in [0.1, 0.15) is 19.3 Å². The van der Waals surface area contributed by atoms with Gasteiger partial charge < -0.3 is 16.2 Å². The van der Waals surface area contributed by atoms with E-state index < -0.39 is 15.9 Å². The predicted octanol–water partition coefficient (Wildman–Crippen LogP) is 1.88. The first kappa shape index (κ1) is 17.1. The maximum atomic E-state index is 12.5. The maximum Gasteiger partial charge on any atom is 0.404 e. The van der Waals surface area contributed by atoms with Gasteiger partial charge in [0, 0.05) is 17.1 Å². The fourth-order valence-electron chi connectivity index (χ4n) is 2.80. The van der Waals surface area contributed by atoms with E-state index >= 15 is 0 Å². The van der Waals surface area contributed by atoms with Gasteiger partial charge in [0.15, 0.2) is 9.84 Å². The van der Waals surface area contributed by atoms with Gasteiger partial charge in [-0.25, -0.2) is 13.2 Å². The second kappa shape index (κ2) is 6.85. The highest BCUT2D eigenvalue weighted by atomic mass is 35.5. The first-order chi connectivity index (χ1) is 10.3. The van der Waals surface area contributed by atoms with E-state index in [4.69, 9.17) is 22.4 Å². The number of nitrogens with one attached hydrogen (secondary N) is 1. The second-order valence-electron chi connectivity index (χ2n) is 5.62. The third kappa shape index (κ3) is 4.34. The number of halogens is 1. The molecular formula is C14H19ClN2O4S. The Balaban J connectivity index is 2.09. The topological polar surface area (TPSA) is 109 Å². The summed E-state index contributed by atoms with van der Waals surface area (Å²) in [6.45, 7) is 0. The molecule has 1 unspecified atom stereocenters. The van der Waals surface area contributed by atoms with E-state index in [1.165, 1.54) is 24.3 Å². The zero-order chi connectivity index (χ0) is 16.3. The van der Waals surface area contributed by atoms with Crippen molar-refractivity contribution < 1.29 is 18.3 Å². The summed E-state index contributed by atoms with van der Waals surface area (Å²) in [6.07, 6.45) is 0.566. The van der Waals surface area contributed by atoms with Gasteiger partial charge in [0.25, 0.3) is 0 Å². The molecule has 0 radical (unpaired) electrons. The minimum absolute atomic E-state index is 0.0897. The van der Waals surface area contributed by atoms with Gasteiger partial charge in [0.1, 0.15) is 0 Å². The Labute approximate surface area is 134 Å². The molecule has 0 heterocycles. The Morgan fingerprint density at radius 3 is 2.55 bits per heavy atom. The summed E-state index contributed by atoms with van der Waals surface area (Å²) in [5.41, 5.74) is 6.02. The van der Waals surface area contributed by atoms with Crippen molar-refractivity contribution in [1.29, 1.82) is 0 Å². The molecular weight excluding hydrogens is 328 g/mol. The minimum atomic E-state index is -3.48. The number of amides is 1. The van der Waals surface area contributed by atoms with Crippen molar-refractivity contribution in [2.75, 3.05) is 5.75 Å². The smallest absolute Gasteiger partial charge is 0.404 e. The Morgan fingerprint density at radius 1 is 1.32 bits per heavy atom. The lowest BCUT2D eigenvalue weighted by Crippen LogP contribution is -2.47. The number of sulfone groups is 1. The molecule has 0 spiro atoms. The number of rotatable bonds is 4. The third-order valence-corrected chi connectivity index (χ3v) is 6.08. The molecule has 1 amide bonds. The predicted molar refractivity (Wildman–Crippen MR) is 83.8 cm³/mol. The van der Waals surface area contributed by atoms with Gasteiger partial charge in [-0.05, 0) is 49.4 Å². The average Bonchev–Trinajstić information content (AvgIpc) is 2.42. The Kier molecular flexibility index (Phi) is 5.31. The number of carboxylic acid groups (broad SMARTS) is 1. The molecule has 6 nitrogen and oxygen atoms in total. The lowest BCUT2D eigenvalue weighted by atomic mass is 9.83. The number of hydrogen-bond acceptors (Lipinski definition) is 4. The molecule has 4 N–H and O–H groups in total. The molecule has 0 aliphatic heterocycles. The van der Waals surface area contributed by atoms with Crippen molar-refractivity contribution in [3.8, 4) is 0 Å². The number of carbonyl (C=O) groups is 1. The van der Waals surface area contributed by atoms with Gasteiger partial charge >= 0.3 is 6.09 Å². The quantitative estimate of drug-likeness (QED) is 0.771. The third-order valence-electron chi connectivity index (χ3n) is 3.98. The van der Waals surface area contributed by atoms with Crippen LogP contribution in [-0.4, -0.2) is 37.5 Å². The highest BCUT2D eigenvalue weighted by Crippen LogP contribution is 2.27. The average molecular weight is 347 g/mol. The van der Waals surface area contributed by atoms with Gasteiger partial charge in [-0.1, -0.05) is 11.6 Å². The van der Waals surface area contributed by atoms with Crippen LogP contribution in [0.25, 0.3) is 0 Å². The zero-order valence-electron chi connectivity index (χ0n) is 11.9. The van der Waals surface area contributed by atoms with Crippen LogP contribution in [0.4, 0.5) is 4.79 Å². The normalized spacial score (nSPS) is 25.6. The highest BCUT2D eigenvalue weighted by molar-refractivity contribution is 7.91. The molecule has 0 saturated heterocycles. The molecule has 3 atom stereocenters. The molecule has 8 heteroatoms. The minimum Gasteiger partial charge on any atom is -0.465 e. The molecule has 1 aromatic rings. The molecule has 0 bridgehead atoms. The monoisotopic (exact) mass is 346 g/mol. The van der Waals surface area contributed by atoms with Crippen LogP contribution in [-0.2, 0) is 9.84 Å². The van der Waals surface area contributed by atoms with Crippen molar-refractivity contribution >= 4 is 27.5 Å². The standard InChI is InChI=1S/C14H19ClN2O4S/c15-10-1-4-12(5-2-10)22(20,21)8-9-7-11(17-14(18)19)3-6-13(9)16/h1-2,4-5,9,11,13,17H,3,6-8,16H2,(H,18,19)/t9-,11?,13-/m0/s1. The zero-order valence-corrected chi connectivity index (χ0v) is 13.5. The van der Waals surface area contributed by atoms with E-state index in [2.05, 4.69) is 5.32 Å². The van der Waals surface area contributed by atoms with Gasteiger partial charge in [-0.2, -0.15) is 0 Å². The molecule has 0 aromatic heterocycles. The lowest BCUT2D eigenvalue weighted by Gasteiger charge is -2.33. The van der Waals surface area contributed by atoms with Gasteiger partial charge in [0.2, 0.25) is 0 Å². The summed E-state index contributed by atoms with van der Waals surface area (Å²) in [7, 11) is -3.48. The van der Waals surface area contributed by atoms with Crippen molar-refractivity contribution in [3.63, 3.8) is 0 Å². The van der Waals surface area contributed by atoms with Gasteiger partial charge in [-0.3, -0.25) is 0 Å². The summed E-state index contributed by atoms with van der Waals surface area (Å²) in [4.78, 5) is 10.9. The molecule has 22 heavy (non-hydrogen) atoms. The fraction of sp³-hybridized carbons (Fsp3) is 0.500. The van der Waals surface area contributed by atoms with E-state index in [0.29, 0.717) is 24.3 Å². The van der Waals surface area contributed by atoms with Crippen LogP contribution in [0.2, 0.25) is 5.02 Å². The summed E-state index contributed by atoms with van der Waals surface area (Å²) >= 11 is 5.77. The lowest BCUT2D eigenvalue weighted by molar-refractivity contribution is 0.180. The molecule has 1 aliphatic carbocycles. The Bertz CT molecular complexity index is 633. The molecule has 2 rings (SSSR count). The van der Waals surface area contributed by atoms with Gasteiger partial charge in [-0.15, -0.1) is 0 Å². The Hall–Kier alpha value is -1.31. The van der Waals surface area contributed by atoms with Crippen molar-refractivity contribution in [2.24, 2.45) is 11.7 Å². The van der Waals surface area contributed by atoms with E-state index in [1.807, 2.05) is 0 Å². The number of nitrogens with two attached hydrogens (primary N) is 1. The van der Waals surface area contributed by atoms with E-state index in [1.54, 1.807) is 0 Å². The molecule has 1 aromatic carbocycles. The summed E-state index contributed by atoms with van der Waals surface area (Å²) in [5.74, 6) is -0.362. The van der Waals surface area contributed by atoms with Crippen molar-refractivity contribution in [1.82, 2.24) is 5.32 Å². The summed E-state index contributed by atoms with van der Waals surface area (Å²) in [5, 5.41) is 11.7. The number of hydrogen-bond donors (Lipinski definition) is 3. The van der Waals surface area contributed by atoms with Crippen LogP contribution in [0.15, 0.2) is 29.2 Å². The van der Waals surface area contributed by atoms with E-state index in [9.17, 15) is 13.2 Å². The molecule has 1 fully saturated rings. The van der Waals surface area contributed by atoms with Crippen LogP contribution < -0.4 is 11.1 Å². The van der Waals surface area contributed by atoms with Crippen LogP contribution >= 0.6 is 11.6 Å². The largest absolute Gasteiger partial charge is 0.465 e. The van der Waals surface area contributed by atoms with Crippen molar-refractivity contribution in [2.45, 2.75) is 36.2 Å². The molecule has 1 saturated carbocycles. The summed E-state index contributed by atoms with van der Waals surface area (Å²) < 4.78 is 24.9. The SMILES string of the molecule is N[C@H]1CCC(NC(=O)O)C[C@H]1CS(=O)(=O)c1ccc(Cl)cc1. The highest BCUT2D eigenvalue weighted by Gasteiger charge is 2.32. The first-order valence-electron chi connectivity index (χ1n) is 7.01. The van der Waals surface area contributed by atoms with Crippen LogP contribution in [0.3, 0.4) is 0 Å². The molecule has 1 aliphatic rings. The van der Waals surface area contributed by atoms with Crippen molar-refractivity contribution in [3.05, 3.63) is 29.3 Å². The summed E-state index contributed by atoms with van der Waals surface area (Å²) in [6, 6.07) is 5.52. The fourth-order valence-corrected chi connectivity index (χ4v) is 4.62. The van der Waals surface area contributed by atoms with E-state index in [0.717, 1.165) is 0 Å². The number of benzene rings is 1. The second-order valence-corrected chi connectivity index (χ2v) is 8.09. The molecule has 122 valence electrons. The van der Waals surface area contributed by atoms with Crippen LogP contribution in [0.5, 0.6) is 0 Å².